The molecule has 6 nitrogen and oxygen atoms in total. The average Bonchev–Trinajstić information content (AvgIpc) is 3.09. The molecule has 146 valence electrons. The molecule has 1 aromatic carbocycles. The van der Waals surface area contributed by atoms with Crippen molar-refractivity contribution >= 4 is 38.6 Å². The minimum Gasteiger partial charge on any atom is -0.462 e. The first-order valence-electron chi connectivity index (χ1n) is 9.44. The number of rotatable bonds is 4. The maximum absolute atomic E-state index is 12.7. The van der Waals surface area contributed by atoms with Gasteiger partial charge in [0.15, 0.2) is 0 Å². The Labute approximate surface area is 172 Å². The van der Waals surface area contributed by atoms with Crippen LogP contribution in [-0.2, 0) is 4.74 Å². The SMILES string of the molecule is CCOC(=O)c1cc(-c2cnc3[nH]cc(Br)c3c2)ccc1N1CCN(C)CC1. The fourth-order valence-electron chi connectivity index (χ4n) is 3.54. The van der Waals surface area contributed by atoms with Gasteiger partial charge in [0.2, 0.25) is 0 Å². The second kappa shape index (κ2) is 7.93. The minimum atomic E-state index is -0.282. The molecule has 0 spiro atoms. The van der Waals surface area contributed by atoms with Crippen molar-refractivity contribution in [2.75, 3.05) is 44.7 Å². The number of esters is 1. The van der Waals surface area contributed by atoms with Crippen LogP contribution in [0.5, 0.6) is 0 Å². The fourth-order valence-corrected chi connectivity index (χ4v) is 3.96. The van der Waals surface area contributed by atoms with E-state index in [2.05, 4.69) is 54.9 Å². The Bertz CT molecular complexity index is 1010. The van der Waals surface area contributed by atoms with Gasteiger partial charge in [-0.05, 0) is 53.7 Å². The molecule has 1 saturated heterocycles. The number of likely N-dealkylation sites (N-methyl/N-ethyl adjacent to an activating group) is 1. The number of H-pyrrole nitrogens is 1. The minimum absolute atomic E-state index is 0.282. The number of ether oxygens (including phenoxy) is 1. The van der Waals surface area contributed by atoms with Gasteiger partial charge in [-0.2, -0.15) is 0 Å². The van der Waals surface area contributed by atoms with Gasteiger partial charge in [0.1, 0.15) is 5.65 Å². The third-order valence-electron chi connectivity index (χ3n) is 5.15. The van der Waals surface area contributed by atoms with Gasteiger partial charge in [0.25, 0.3) is 0 Å². The van der Waals surface area contributed by atoms with Crippen LogP contribution in [0.3, 0.4) is 0 Å². The van der Waals surface area contributed by atoms with Crippen molar-refractivity contribution in [2.45, 2.75) is 6.92 Å². The first-order chi connectivity index (χ1) is 13.6. The second-order valence-electron chi connectivity index (χ2n) is 7.00. The predicted molar refractivity (Wildman–Crippen MR) is 115 cm³/mol. The zero-order valence-corrected chi connectivity index (χ0v) is 17.6. The summed E-state index contributed by atoms with van der Waals surface area (Å²) < 4.78 is 6.31. The molecule has 0 atom stereocenters. The zero-order valence-electron chi connectivity index (χ0n) is 16.0. The lowest BCUT2D eigenvalue weighted by molar-refractivity contribution is 0.0527. The van der Waals surface area contributed by atoms with Crippen LogP contribution in [-0.4, -0.2) is 60.7 Å². The van der Waals surface area contributed by atoms with E-state index in [1.165, 1.54) is 0 Å². The summed E-state index contributed by atoms with van der Waals surface area (Å²) >= 11 is 3.54. The standard InChI is InChI=1S/C21H23BrN4O2/c1-3-28-21(27)17-10-14(4-5-19(17)26-8-6-25(2)7-9-26)15-11-16-18(22)13-24-20(16)23-12-15/h4-5,10-13H,3,6-9H2,1-2H3,(H,23,24). The summed E-state index contributed by atoms with van der Waals surface area (Å²) in [6.07, 6.45) is 3.70. The molecule has 28 heavy (non-hydrogen) atoms. The second-order valence-corrected chi connectivity index (χ2v) is 7.85. The first-order valence-corrected chi connectivity index (χ1v) is 10.2. The van der Waals surface area contributed by atoms with Gasteiger partial charge < -0.3 is 19.5 Å². The van der Waals surface area contributed by atoms with Crippen molar-refractivity contribution in [3.05, 3.63) is 46.7 Å². The van der Waals surface area contributed by atoms with Crippen molar-refractivity contribution in [1.82, 2.24) is 14.9 Å². The summed E-state index contributed by atoms with van der Waals surface area (Å²) in [5, 5.41) is 1.01. The van der Waals surface area contributed by atoms with Crippen molar-refractivity contribution in [3.63, 3.8) is 0 Å². The van der Waals surface area contributed by atoms with E-state index in [1.807, 2.05) is 31.5 Å². The van der Waals surface area contributed by atoms with E-state index in [1.54, 1.807) is 0 Å². The maximum Gasteiger partial charge on any atom is 0.340 e. The van der Waals surface area contributed by atoms with E-state index < -0.39 is 0 Å². The Morgan fingerprint density at radius 1 is 1.21 bits per heavy atom. The summed E-state index contributed by atoms with van der Waals surface area (Å²) in [7, 11) is 2.12. The number of benzene rings is 1. The molecule has 0 bridgehead atoms. The summed E-state index contributed by atoms with van der Waals surface area (Å²) in [4.78, 5) is 24.9. The van der Waals surface area contributed by atoms with Crippen LogP contribution in [0.2, 0.25) is 0 Å². The van der Waals surface area contributed by atoms with Crippen LogP contribution in [0, 0.1) is 0 Å². The largest absolute Gasteiger partial charge is 0.462 e. The molecule has 1 aliphatic heterocycles. The number of hydrogen-bond acceptors (Lipinski definition) is 5. The molecule has 1 N–H and O–H groups in total. The average molecular weight is 443 g/mol. The number of aromatic nitrogens is 2. The molecule has 7 heteroatoms. The van der Waals surface area contributed by atoms with E-state index in [-0.39, 0.29) is 5.97 Å². The highest BCUT2D eigenvalue weighted by atomic mass is 79.9. The van der Waals surface area contributed by atoms with Gasteiger partial charge in [-0.1, -0.05) is 6.07 Å². The number of nitrogens with zero attached hydrogens (tertiary/aromatic N) is 3. The molecule has 3 heterocycles. The third-order valence-corrected chi connectivity index (χ3v) is 5.81. The number of halogens is 1. The number of aromatic amines is 1. The molecule has 3 aromatic rings. The molecule has 1 fully saturated rings. The van der Waals surface area contributed by atoms with Gasteiger partial charge in [-0.15, -0.1) is 0 Å². The van der Waals surface area contributed by atoms with Gasteiger partial charge in [-0.25, -0.2) is 9.78 Å². The molecule has 0 radical (unpaired) electrons. The van der Waals surface area contributed by atoms with Crippen molar-refractivity contribution in [2.24, 2.45) is 0 Å². The zero-order chi connectivity index (χ0) is 19.7. The lowest BCUT2D eigenvalue weighted by Gasteiger charge is -2.35. The van der Waals surface area contributed by atoms with Crippen molar-refractivity contribution in [1.29, 1.82) is 0 Å². The van der Waals surface area contributed by atoms with E-state index >= 15 is 0 Å². The number of anilines is 1. The normalized spacial score (nSPS) is 15.2. The molecule has 2 aromatic heterocycles. The van der Waals surface area contributed by atoms with E-state index in [0.717, 1.165) is 58.5 Å². The highest BCUT2D eigenvalue weighted by Gasteiger charge is 2.22. The number of fused-ring (bicyclic) bond motifs is 1. The van der Waals surface area contributed by atoms with Crippen LogP contribution in [0.15, 0.2) is 41.1 Å². The summed E-state index contributed by atoms with van der Waals surface area (Å²) in [6, 6.07) is 8.08. The number of nitrogens with one attached hydrogen (secondary N) is 1. The van der Waals surface area contributed by atoms with Crippen molar-refractivity contribution < 1.29 is 9.53 Å². The smallest absolute Gasteiger partial charge is 0.340 e. The quantitative estimate of drug-likeness (QED) is 0.620. The third kappa shape index (κ3) is 3.64. The van der Waals surface area contributed by atoms with Crippen LogP contribution in [0.4, 0.5) is 5.69 Å². The maximum atomic E-state index is 12.7. The highest BCUT2D eigenvalue weighted by Crippen LogP contribution is 2.31. The Kier molecular flexibility index (Phi) is 5.37. The lowest BCUT2D eigenvalue weighted by atomic mass is 10.0. The van der Waals surface area contributed by atoms with Gasteiger partial charge in [0, 0.05) is 54.0 Å². The molecule has 0 aliphatic carbocycles. The molecular weight excluding hydrogens is 420 g/mol. The number of carbonyl (C=O) groups is 1. The molecule has 0 saturated carbocycles. The monoisotopic (exact) mass is 442 g/mol. The van der Waals surface area contributed by atoms with Crippen LogP contribution in [0.25, 0.3) is 22.2 Å². The Morgan fingerprint density at radius 3 is 2.75 bits per heavy atom. The molecule has 4 rings (SSSR count). The van der Waals surface area contributed by atoms with E-state index in [0.29, 0.717) is 12.2 Å². The molecule has 0 amide bonds. The van der Waals surface area contributed by atoms with Crippen LogP contribution >= 0.6 is 15.9 Å². The number of carbonyl (C=O) groups excluding carboxylic acids is 1. The van der Waals surface area contributed by atoms with Crippen LogP contribution < -0.4 is 4.90 Å². The number of pyridine rings is 1. The number of piperazine rings is 1. The predicted octanol–water partition coefficient (Wildman–Crippen LogP) is 3.92. The van der Waals surface area contributed by atoms with Crippen LogP contribution in [0.1, 0.15) is 17.3 Å². The van der Waals surface area contributed by atoms with Crippen molar-refractivity contribution in [3.8, 4) is 11.1 Å². The first kappa shape index (κ1) is 19.0. The highest BCUT2D eigenvalue weighted by molar-refractivity contribution is 9.10. The Morgan fingerprint density at radius 2 is 2.00 bits per heavy atom. The fraction of sp³-hybridized carbons (Fsp3) is 0.333. The summed E-state index contributed by atoms with van der Waals surface area (Å²) in [6.45, 7) is 5.93. The van der Waals surface area contributed by atoms with Gasteiger partial charge >= 0.3 is 5.97 Å². The van der Waals surface area contributed by atoms with E-state index in [4.69, 9.17) is 4.74 Å². The molecule has 1 aliphatic rings. The Hall–Kier alpha value is -2.38. The Balaban J connectivity index is 1.75. The van der Waals surface area contributed by atoms with Gasteiger partial charge in [-0.3, -0.25) is 0 Å². The summed E-state index contributed by atoms with van der Waals surface area (Å²) in [5.41, 5.74) is 4.28. The number of hydrogen-bond donors (Lipinski definition) is 1. The topological polar surface area (TPSA) is 61.5 Å². The molecular formula is C21H23BrN4O2. The van der Waals surface area contributed by atoms with E-state index in [9.17, 15) is 4.79 Å². The lowest BCUT2D eigenvalue weighted by Crippen LogP contribution is -2.45. The van der Waals surface area contributed by atoms with Gasteiger partial charge in [0.05, 0.1) is 17.9 Å². The molecule has 0 unspecified atom stereocenters. The summed E-state index contributed by atoms with van der Waals surface area (Å²) in [5.74, 6) is -0.282.